The Balaban J connectivity index is 1.90. The average molecular weight is 273 g/mol. The van der Waals surface area contributed by atoms with Gasteiger partial charge in [0.25, 0.3) is 5.91 Å². The van der Waals surface area contributed by atoms with E-state index in [1.165, 1.54) is 0 Å². The quantitative estimate of drug-likeness (QED) is 0.880. The van der Waals surface area contributed by atoms with Gasteiger partial charge in [-0.2, -0.15) is 0 Å². The molecule has 1 heterocycles. The summed E-state index contributed by atoms with van der Waals surface area (Å²) in [5.41, 5.74) is 1.10. The minimum absolute atomic E-state index is 0.160. The van der Waals surface area contributed by atoms with E-state index in [0.717, 1.165) is 23.5 Å². The lowest BCUT2D eigenvalue weighted by Gasteiger charge is -2.16. The van der Waals surface area contributed by atoms with Crippen LogP contribution in [-0.4, -0.2) is 12.0 Å². The van der Waals surface area contributed by atoms with E-state index in [1.54, 1.807) is 19.3 Å². The molecule has 106 valence electrons. The molecule has 0 fully saturated rings. The lowest BCUT2D eigenvalue weighted by molar-refractivity contribution is -0.127. The summed E-state index contributed by atoms with van der Waals surface area (Å²) in [6.45, 7) is 4.17. The standard InChI is InChI=1S/C16H19NO3/c1-3-13-7-4-5-9-15(13)20-12(2)16(18)17-11-14-8-6-10-19-14/h4-10,12H,3,11H2,1-2H3,(H,17,18). The first-order chi connectivity index (χ1) is 9.70. The summed E-state index contributed by atoms with van der Waals surface area (Å²) in [6, 6.07) is 11.4. The second-order valence-corrected chi connectivity index (χ2v) is 4.52. The van der Waals surface area contributed by atoms with Crippen molar-refractivity contribution in [2.45, 2.75) is 32.9 Å². The highest BCUT2D eigenvalue weighted by Crippen LogP contribution is 2.19. The number of ether oxygens (including phenoxy) is 1. The van der Waals surface area contributed by atoms with Crippen LogP contribution in [0.25, 0.3) is 0 Å². The van der Waals surface area contributed by atoms with Crippen molar-refractivity contribution in [3.63, 3.8) is 0 Å². The maximum absolute atomic E-state index is 12.0. The minimum Gasteiger partial charge on any atom is -0.481 e. The van der Waals surface area contributed by atoms with Crippen LogP contribution in [0.1, 0.15) is 25.2 Å². The Bertz CT molecular complexity index is 549. The Morgan fingerprint density at radius 3 is 2.80 bits per heavy atom. The smallest absolute Gasteiger partial charge is 0.261 e. The molecule has 20 heavy (non-hydrogen) atoms. The second kappa shape index (κ2) is 6.80. The maximum Gasteiger partial charge on any atom is 0.261 e. The Labute approximate surface area is 118 Å². The number of hydrogen-bond donors (Lipinski definition) is 1. The number of carbonyl (C=O) groups excluding carboxylic acids is 1. The molecule has 1 aromatic carbocycles. The number of para-hydroxylation sites is 1. The van der Waals surface area contributed by atoms with Gasteiger partial charge >= 0.3 is 0 Å². The van der Waals surface area contributed by atoms with E-state index < -0.39 is 6.10 Å². The number of carbonyl (C=O) groups is 1. The van der Waals surface area contributed by atoms with Gasteiger partial charge in [-0.3, -0.25) is 4.79 Å². The van der Waals surface area contributed by atoms with Crippen LogP contribution in [0, 0.1) is 0 Å². The molecule has 0 saturated carbocycles. The van der Waals surface area contributed by atoms with Crippen molar-refractivity contribution in [2.75, 3.05) is 0 Å². The molecular weight excluding hydrogens is 254 g/mol. The fraction of sp³-hybridized carbons (Fsp3) is 0.312. The van der Waals surface area contributed by atoms with E-state index in [4.69, 9.17) is 9.15 Å². The summed E-state index contributed by atoms with van der Waals surface area (Å²) in [7, 11) is 0. The lowest BCUT2D eigenvalue weighted by Crippen LogP contribution is -2.36. The van der Waals surface area contributed by atoms with Crippen LogP contribution in [0.15, 0.2) is 47.1 Å². The molecule has 1 aromatic heterocycles. The van der Waals surface area contributed by atoms with E-state index >= 15 is 0 Å². The molecule has 4 nitrogen and oxygen atoms in total. The van der Waals surface area contributed by atoms with Gasteiger partial charge < -0.3 is 14.5 Å². The molecule has 1 N–H and O–H groups in total. The molecule has 0 radical (unpaired) electrons. The third-order valence-corrected chi connectivity index (χ3v) is 3.04. The van der Waals surface area contributed by atoms with E-state index in [1.807, 2.05) is 30.3 Å². The third kappa shape index (κ3) is 3.63. The van der Waals surface area contributed by atoms with Crippen LogP contribution in [-0.2, 0) is 17.8 Å². The molecule has 2 rings (SSSR count). The first-order valence-corrected chi connectivity index (χ1v) is 6.75. The van der Waals surface area contributed by atoms with Gasteiger partial charge in [-0.15, -0.1) is 0 Å². The monoisotopic (exact) mass is 273 g/mol. The largest absolute Gasteiger partial charge is 0.481 e. The number of nitrogens with one attached hydrogen (secondary N) is 1. The summed E-state index contributed by atoms with van der Waals surface area (Å²) in [4.78, 5) is 12.0. The number of benzene rings is 1. The van der Waals surface area contributed by atoms with Gasteiger partial charge in [-0.25, -0.2) is 0 Å². The first kappa shape index (κ1) is 14.2. The SMILES string of the molecule is CCc1ccccc1OC(C)C(=O)NCc1ccco1. The lowest BCUT2D eigenvalue weighted by atomic mass is 10.1. The Hall–Kier alpha value is -2.23. The van der Waals surface area contributed by atoms with Crippen molar-refractivity contribution in [3.8, 4) is 5.75 Å². The third-order valence-electron chi connectivity index (χ3n) is 3.04. The second-order valence-electron chi connectivity index (χ2n) is 4.52. The zero-order chi connectivity index (χ0) is 14.4. The van der Waals surface area contributed by atoms with Crippen LogP contribution in [0.5, 0.6) is 5.75 Å². The molecule has 0 saturated heterocycles. The molecule has 0 aliphatic heterocycles. The van der Waals surface area contributed by atoms with Gasteiger partial charge in [0.15, 0.2) is 6.10 Å². The summed E-state index contributed by atoms with van der Waals surface area (Å²) < 4.78 is 10.9. The fourth-order valence-electron chi connectivity index (χ4n) is 1.89. The zero-order valence-electron chi connectivity index (χ0n) is 11.8. The van der Waals surface area contributed by atoms with Gasteiger partial charge in [-0.1, -0.05) is 25.1 Å². The van der Waals surface area contributed by atoms with Gasteiger partial charge in [0.1, 0.15) is 11.5 Å². The Morgan fingerprint density at radius 1 is 1.30 bits per heavy atom. The molecular formula is C16H19NO3. The van der Waals surface area contributed by atoms with E-state index in [-0.39, 0.29) is 5.91 Å². The number of hydrogen-bond acceptors (Lipinski definition) is 3. The van der Waals surface area contributed by atoms with E-state index in [0.29, 0.717) is 6.54 Å². The van der Waals surface area contributed by atoms with Crippen LogP contribution < -0.4 is 10.1 Å². The highest BCUT2D eigenvalue weighted by molar-refractivity contribution is 5.80. The Kier molecular flexibility index (Phi) is 4.82. The average Bonchev–Trinajstić information content (AvgIpc) is 2.98. The minimum atomic E-state index is -0.544. The predicted molar refractivity (Wildman–Crippen MR) is 76.5 cm³/mol. The summed E-state index contributed by atoms with van der Waals surface area (Å²) in [5, 5.41) is 2.78. The molecule has 1 atom stereocenters. The summed E-state index contributed by atoms with van der Waals surface area (Å²) in [6.07, 6.45) is 1.91. The Morgan fingerprint density at radius 2 is 2.10 bits per heavy atom. The zero-order valence-corrected chi connectivity index (χ0v) is 11.8. The van der Waals surface area contributed by atoms with Gasteiger partial charge in [0.2, 0.25) is 0 Å². The molecule has 2 aromatic rings. The molecule has 0 aliphatic carbocycles. The maximum atomic E-state index is 12.0. The molecule has 0 aliphatic rings. The molecule has 4 heteroatoms. The van der Waals surface area contributed by atoms with Gasteiger partial charge in [0, 0.05) is 0 Å². The molecule has 0 spiro atoms. The number of rotatable bonds is 6. The van der Waals surface area contributed by atoms with Crippen molar-refractivity contribution in [2.24, 2.45) is 0 Å². The normalized spacial score (nSPS) is 11.9. The van der Waals surface area contributed by atoms with Gasteiger partial charge in [-0.05, 0) is 37.1 Å². The fourth-order valence-corrected chi connectivity index (χ4v) is 1.89. The van der Waals surface area contributed by atoms with Crippen molar-refractivity contribution in [3.05, 3.63) is 54.0 Å². The van der Waals surface area contributed by atoms with Crippen LogP contribution in [0.2, 0.25) is 0 Å². The summed E-state index contributed by atoms with van der Waals surface area (Å²) >= 11 is 0. The predicted octanol–water partition coefficient (Wildman–Crippen LogP) is 2.93. The molecule has 1 amide bonds. The van der Waals surface area contributed by atoms with E-state index in [9.17, 15) is 4.79 Å². The number of furan rings is 1. The van der Waals surface area contributed by atoms with E-state index in [2.05, 4.69) is 12.2 Å². The first-order valence-electron chi connectivity index (χ1n) is 6.75. The van der Waals surface area contributed by atoms with Crippen molar-refractivity contribution >= 4 is 5.91 Å². The highest BCUT2D eigenvalue weighted by Gasteiger charge is 2.15. The van der Waals surface area contributed by atoms with Crippen molar-refractivity contribution in [1.82, 2.24) is 5.32 Å². The van der Waals surface area contributed by atoms with Crippen molar-refractivity contribution < 1.29 is 13.9 Å². The number of amides is 1. The molecule has 0 bridgehead atoms. The van der Waals surface area contributed by atoms with Crippen LogP contribution in [0.3, 0.4) is 0 Å². The van der Waals surface area contributed by atoms with Crippen molar-refractivity contribution in [1.29, 1.82) is 0 Å². The van der Waals surface area contributed by atoms with Crippen LogP contribution in [0.4, 0.5) is 0 Å². The topological polar surface area (TPSA) is 51.5 Å². The molecule has 1 unspecified atom stereocenters. The summed E-state index contributed by atoms with van der Waals surface area (Å²) in [5.74, 6) is 1.32. The highest BCUT2D eigenvalue weighted by atomic mass is 16.5. The number of aryl methyl sites for hydroxylation is 1. The van der Waals surface area contributed by atoms with Gasteiger partial charge in [0.05, 0.1) is 12.8 Å². The van der Waals surface area contributed by atoms with Crippen LogP contribution >= 0.6 is 0 Å².